The molecule has 3 heterocycles. The molecule has 0 saturated heterocycles. The van der Waals surface area contributed by atoms with Crippen LogP contribution < -0.4 is 16.6 Å². The molecule has 4 aromatic rings. The molecule has 0 spiro atoms. The van der Waals surface area contributed by atoms with Crippen molar-refractivity contribution in [3.05, 3.63) is 69.4 Å². The van der Waals surface area contributed by atoms with Gasteiger partial charge in [0.25, 0.3) is 5.56 Å². The van der Waals surface area contributed by atoms with Crippen molar-refractivity contribution >= 4 is 34.5 Å². The summed E-state index contributed by atoms with van der Waals surface area (Å²) in [5, 5.41) is 3.60. The van der Waals surface area contributed by atoms with Gasteiger partial charge in [-0.05, 0) is 54.9 Å². The van der Waals surface area contributed by atoms with Crippen LogP contribution in [0.2, 0.25) is 0 Å². The topological polar surface area (TPSA) is 117 Å². The van der Waals surface area contributed by atoms with Crippen LogP contribution in [0.3, 0.4) is 0 Å². The fraction of sp³-hybridized carbons (Fsp3) is 0.273. The molecule has 1 N–H and O–H groups in total. The summed E-state index contributed by atoms with van der Waals surface area (Å²) in [6.45, 7) is 2.37. The van der Waals surface area contributed by atoms with Gasteiger partial charge in [0.2, 0.25) is 5.91 Å². The summed E-state index contributed by atoms with van der Waals surface area (Å²) in [4.78, 5) is 50.6. The zero-order valence-corrected chi connectivity index (χ0v) is 19.3. The van der Waals surface area contributed by atoms with Crippen molar-refractivity contribution < 1.29 is 4.79 Å². The molecular weight excluding hydrogens is 442 g/mol. The second-order valence-electron chi connectivity index (χ2n) is 7.58. The van der Waals surface area contributed by atoms with E-state index in [2.05, 4.69) is 20.3 Å². The highest BCUT2D eigenvalue weighted by Gasteiger charge is 2.14. The van der Waals surface area contributed by atoms with Crippen molar-refractivity contribution in [1.82, 2.24) is 28.7 Å². The number of nitrogens with zero attached hydrogens (tertiary/aromatic N) is 6. The van der Waals surface area contributed by atoms with E-state index in [0.717, 1.165) is 20.7 Å². The summed E-state index contributed by atoms with van der Waals surface area (Å²) < 4.78 is 4.09. The Labute approximate surface area is 193 Å². The Bertz CT molecular complexity index is 1440. The summed E-state index contributed by atoms with van der Waals surface area (Å²) in [6.07, 6.45) is 5.71. The molecule has 0 bridgehead atoms. The van der Waals surface area contributed by atoms with E-state index >= 15 is 0 Å². The van der Waals surface area contributed by atoms with E-state index in [1.54, 1.807) is 30.1 Å². The average Bonchev–Trinajstić information content (AvgIpc) is 3.23. The summed E-state index contributed by atoms with van der Waals surface area (Å²) in [6, 6.07) is 7.53. The molecule has 0 saturated carbocycles. The second kappa shape index (κ2) is 9.41. The first kappa shape index (κ1) is 22.5. The molecule has 1 aromatic carbocycles. The fourth-order valence-electron chi connectivity index (χ4n) is 3.47. The molecule has 0 radical (unpaired) electrons. The average molecular weight is 466 g/mol. The largest absolute Gasteiger partial charge is 0.332 e. The Morgan fingerprint density at radius 3 is 2.58 bits per heavy atom. The van der Waals surface area contributed by atoms with Gasteiger partial charge in [-0.15, -0.1) is 0 Å². The Morgan fingerprint density at radius 2 is 1.85 bits per heavy atom. The molecule has 0 fully saturated rings. The maximum Gasteiger partial charge on any atom is 0.332 e. The molecular formula is C22H23N7O3S. The van der Waals surface area contributed by atoms with Crippen LogP contribution in [0.15, 0.2) is 62.6 Å². The quantitative estimate of drug-likeness (QED) is 0.416. The minimum Gasteiger partial charge on any atom is -0.326 e. The number of carbonyl (C=O) groups is 1. The van der Waals surface area contributed by atoms with Gasteiger partial charge in [0, 0.05) is 50.0 Å². The lowest BCUT2D eigenvalue weighted by molar-refractivity contribution is -0.116. The SMILES string of the molecule is Cc1cc(Sc2ncccn2)ccc1NC(=O)CCCn1cnc2c1c(=O)n(C)c(=O)n2C. The van der Waals surface area contributed by atoms with Gasteiger partial charge < -0.3 is 9.88 Å². The molecule has 1 amide bonds. The predicted octanol–water partition coefficient (Wildman–Crippen LogP) is 2.10. The molecule has 0 aliphatic heterocycles. The number of carbonyl (C=O) groups excluding carboxylic acids is 1. The lowest BCUT2D eigenvalue weighted by atomic mass is 10.2. The predicted molar refractivity (Wildman–Crippen MR) is 125 cm³/mol. The van der Waals surface area contributed by atoms with Gasteiger partial charge in [0.05, 0.1) is 6.33 Å². The number of amides is 1. The minimum atomic E-state index is -0.423. The third-order valence-electron chi connectivity index (χ3n) is 5.24. The zero-order chi connectivity index (χ0) is 23.5. The van der Waals surface area contributed by atoms with E-state index < -0.39 is 11.2 Å². The fourth-order valence-corrected chi connectivity index (χ4v) is 4.28. The Morgan fingerprint density at radius 1 is 1.09 bits per heavy atom. The van der Waals surface area contributed by atoms with Gasteiger partial charge in [0.1, 0.15) is 0 Å². The highest BCUT2D eigenvalue weighted by atomic mass is 32.2. The smallest absolute Gasteiger partial charge is 0.326 e. The summed E-state index contributed by atoms with van der Waals surface area (Å²) >= 11 is 1.45. The van der Waals surface area contributed by atoms with E-state index in [9.17, 15) is 14.4 Å². The minimum absolute atomic E-state index is 0.116. The monoisotopic (exact) mass is 465 g/mol. The number of hydrogen-bond acceptors (Lipinski definition) is 7. The van der Waals surface area contributed by atoms with E-state index in [1.807, 2.05) is 25.1 Å². The van der Waals surface area contributed by atoms with E-state index in [1.165, 1.54) is 29.7 Å². The van der Waals surface area contributed by atoms with Crippen LogP contribution >= 0.6 is 11.8 Å². The molecule has 0 atom stereocenters. The van der Waals surface area contributed by atoms with Crippen LogP contribution in [0.5, 0.6) is 0 Å². The number of aromatic nitrogens is 6. The number of fused-ring (bicyclic) bond motifs is 1. The number of imidazole rings is 1. The molecule has 33 heavy (non-hydrogen) atoms. The van der Waals surface area contributed by atoms with Gasteiger partial charge in [-0.2, -0.15) is 0 Å². The third kappa shape index (κ3) is 4.72. The Kier molecular flexibility index (Phi) is 6.40. The highest BCUT2D eigenvalue weighted by molar-refractivity contribution is 7.99. The van der Waals surface area contributed by atoms with Gasteiger partial charge >= 0.3 is 5.69 Å². The lowest BCUT2D eigenvalue weighted by Crippen LogP contribution is -2.37. The molecule has 11 heteroatoms. The summed E-state index contributed by atoms with van der Waals surface area (Å²) in [5.41, 5.74) is 1.55. The van der Waals surface area contributed by atoms with Crippen LogP contribution in [0.4, 0.5) is 5.69 Å². The van der Waals surface area contributed by atoms with Crippen molar-refractivity contribution in [2.75, 3.05) is 5.32 Å². The van der Waals surface area contributed by atoms with Crippen molar-refractivity contribution in [1.29, 1.82) is 0 Å². The molecule has 4 rings (SSSR count). The van der Waals surface area contributed by atoms with Gasteiger partial charge in [0.15, 0.2) is 16.3 Å². The first-order chi connectivity index (χ1) is 15.8. The Hall–Kier alpha value is -3.73. The number of anilines is 1. The second-order valence-corrected chi connectivity index (χ2v) is 8.62. The van der Waals surface area contributed by atoms with Crippen LogP contribution in [0, 0.1) is 6.92 Å². The van der Waals surface area contributed by atoms with E-state index in [0.29, 0.717) is 29.3 Å². The number of rotatable bonds is 7. The van der Waals surface area contributed by atoms with E-state index in [-0.39, 0.29) is 12.3 Å². The first-order valence-corrected chi connectivity index (χ1v) is 11.1. The van der Waals surface area contributed by atoms with Crippen LogP contribution in [-0.4, -0.2) is 34.6 Å². The number of benzene rings is 1. The molecule has 0 unspecified atom stereocenters. The maximum atomic E-state index is 12.5. The zero-order valence-electron chi connectivity index (χ0n) is 18.5. The van der Waals surface area contributed by atoms with E-state index in [4.69, 9.17) is 0 Å². The summed E-state index contributed by atoms with van der Waals surface area (Å²) in [7, 11) is 3.02. The highest BCUT2D eigenvalue weighted by Crippen LogP contribution is 2.28. The molecule has 170 valence electrons. The first-order valence-electron chi connectivity index (χ1n) is 10.3. The lowest BCUT2D eigenvalue weighted by Gasteiger charge is -2.10. The molecule has 3 aromatic heterocycles. The normalized spacial score (nSPS) is 11.1. The third-order valence-corrected chi connectivity index (χ3v) is 6.13. The van der Waals surface area contributed by atoms with Crippen molar-refractivity contribution in [2.24, 2.45) is 14.1 Å². The van der Waals surface area contributed by atoms with Gasteiger partial charge in [-0.1, -0.05) is 0 Å². The standard InChI is InChI=1S/C22H23N7O3S/c1-14-12-15(33-21-23-9-5-10-24-21)7-8-16(14)26-17(30)6-4-11-29-13-25-19-18(29)20(31)28(3)22(32)27(19)2/h5,7-10,12-13H,4,6,11H2,1-3H3,(H,26,30). The summed E-state index contributed by atoms with van der Waals surface area (Å²) in [5.74, 6) is -0.116. The number of nitrogens with one attached hydrogen (secondary N) is 1. The van der Waals surface area contributed by atoms with Crippen LogP contribution in [-0.2, 0) is 25.4 Å². The maximum absolute atomic E-state index is 12.5. The molecule has 10 nitrogen and oxygen atoms in total. The van der Waals surface area contributed by atoms with Gasteiger partial charge in [-0.3, -0.25) is 18.7 Å². The molecule has 0 aliphatic rings. The van der Waals surface area contributed by atoms with Crippen molar-refractivity contribution in [2.45, 2.75) is 36.4 Å². The van der Waals surface area contributed by atoms with Crippen LogP contribution in [0.25, 0.3) is 11.2 Å². The van der Waals surface area contributed by atoms with Crippen molar-refractivity contribution in [3.8, 4) is 0 Å². The Balaban J connectivity index is 1.37. The number of aryl methyl sites for hydroxylation is 3. The molecule has 0 aliphatic carbocycles. The number of hydrogen-bond donors (Lipinski definition) is 1. The van der Waals surface area contributed by atoms with Crippen LogP contribution in [0.1, 0.15) is 18.4 Å². The van der Waals surface area contributed by atoms with Gasteiger partial charge in [-0.25, -0.2) is 19.7 Å². The van der Waals surface area contributed by atoms with Crippen molar-refractivity contribution in [3.63, 3.8) is 0 Å².